The minimum absolute atomic E-state index is 0.313. The largest absolute Gasteiger partial charge is 0.397 e. The predicted octanol–water partition coefficient (Wildman–Crippen LogP) is 3.32. The molecule has 0 saturated heterocycles. The molecule has 0 aliphatic heterocycles. The molecular formula is C11H24O2Si. The Bertz CT molecular complexity index is 178. The van der Waals surface area contributed by atoms with Crippen molar-refractivity contribution in [3.63, 3.8) is 0 Å². The molecule has 0 N–H and O–H groups in total. The van der Waals surface area contributed by atoms with Gasteiger partial charge in [-0.1, -0.05) is 27.2 Å². The molecule has 0 aromatic heterocycles. The third-order valence-corrected chi connectivity index (χ3v) is 7.95. The van der Waals surface area contributed by atoms with Gasteiger partial charge >= 0.3 is 8.56 Å². The Balaban J connectivity index is 2.69. The number of rotatable bonds is 4. The molecule has 14 heavy (non-hydrogen) atoms. The highest BCUT2D eigenvalue weighted by atomic mass is 28.4. The zero-order valence-electron chi connectivity index (χ0n) is 10.2. The summed E-state index contributed by atoms with van der Waals surface area (Å²) in [5.41, 5.74) is 1.05. The fraction of sp³-hybridized carbons (Fsp3) is 1.00. The molecule has 0 heterocycles. The Hall–Kier alpha value is 0.137. The van der Waals surface area contributed by atoms with Crippen LogP contribution in [-0.2, 0) is 8.85 Å². The van der Waals surface area contributed by atoms with Crippen molar-refractivity contribution in [3.05, 3.63) is 0 Å². The van der Waals surface area contributed by atoms with E-state index < -0.39 is 8.56 Å². The predicted molar refractivity (Wildman–Crippen MR) is 61.6 cm³/mol. The highest BCUT2D eigenvalue weighted by Crippen LogP contribution is 2.46. The van der Waals surface area contributed by atoms with Crippen LogP contribution in [-0.4, -0.2) is 22.8 Å². The van der Waals surface area contributed by atoms with Gasteiger partial charge in [-0.25, -0.2) is 0 Å². The van der Waals surface area contributed by atoms with Crippen LogP contribution in [0.4, 0.5) is 0 Å². The average Bonchev–Trinajstić information content (AvgIpc) is 1.97. The van der Waals surface area contributed by atoms with Crippen molar-refractivity contribution in [1.82, 2.24) is 0 Å². The zero-order chi connectivity index (χ0) is 10.8. The lowest BCUT2D eigenvalue weighted by atomic mass is 9.99. The summed E-state index contributed by atoms with van der Waals surface area (Å²) in [6, 6.07) is 1.11. The first-order chi connectivity index (χ1) is 6.43. The molecule has 0 aromatic rings. The normalized spacial score (nSPS) is 19.5. The Kier molecular flexibility index (Phi) is 3.78. The Morgan fingerprint density at radius 3 is 1.86 bits per heavy atom. The lowest BCUT2D eigenvalue weighted by Crippen LogP contribution is -2.50. The molecule has 1 fully saturated rings. The van der Waals surface area contributed by atoms with E-state index in [1.54, 1.807) is 0 Å². The molecule has 0 atom stereocenters. The maximum atomic E-state index is 5.78. The van der Waals surface area contributed by atoms with Gasteiger partial charge in [0.25, 0.3) is 0 Å². The van der Waals surface area contributed by atoms with E-state index in [1.807, 2.05) is 14.2 Å². The van der Waals surface area contributed by atoms with E-state index in [0.29, 0.717) is 5.41 Å². The molecule has 2 nitrogen and oxygen atoms in total. The zero-order valence-corrected chi connectivity index (χ0v) is 11.2. The van der Waals surface area contributed by atoms with E-state index >= 15 is 0 Å². The molecule has 0 spiro atoms. The molecule has 1 saturated carbocycles. The molecule has 0 radical (unpaired) electrons. The van der Waals surface area contributed by atoms with Crippen LogP contribution in [0.15, 0.2) is 0 Å². The summed E-state index contributed by atoms with van der Waals surface area (Å²) < 4.78 is 11.6. The molecule has 84 valence electrons. The molecule has 3 heteroatoms. The van der Waals surface area contributed by atoms with E-state index in [4.69, 9.17) is 8.85 Å². The molecule has 1 aliphatic carbocycles. The van der Waals surface area contributed by atoms with Crippen LogP contribution in [0.25, 0.3) is 0 Å². The summed E-state index contributed by atoms with van der Waals surface area (Å²) in [6.45, 7) is 6.81. The van der Waals surface area contributed by atoms with Crippen molar-refractivity contribution in [2.24, 2.45) is 5.41 Å². The van der Waals surface area contributed by atoms with E-state index in [-0.39, 0.29) is 0 Å². The molecule has 0 unspecified atom stereocenters. The van der Waals surface area contributed by atoms with Crippen LogP contribution in [0.5, 0.6) is 0 Å². The lowest BCUT2D eigenvalue weighted by Gasteiger charge is -2.43. The minimum Gasteiger partial charge on any atom is -0.397 e. The van der Waals surface area contributed by atoms with Gasteiger partial charge in [0.05, 0.1) is 0 Å². The van der Waals surface area contributed by atoms with Crippen LogP contribution in [0, 0.1) is 5.41 Å². The second-order valence-electron chi connectivity index (χ2n) is 5.59. The number of hydrogen-bond donors (Lipinski definition) is 0. The maximum absolute atomic E-state index is 5.78. The van der Waals surface area contributed by atoms with Gasteiger partial charge in [0.15, 0.2) is 0 Å². The van der Waals surface area contributed by atoms with Gasteiger partial charge in [0.2, 0.25) is 0 Å². The third kappa shape index (κ3) is 2.58. The first-order valence-corrected chi connectivity index (χ1v) is 7.64. The van der Waals surface area contributed by atoms with Gasteiger partial charge in [-0.15, -0.1) is 0 Å². The summed E-state index contributed by atoms with van der Waals surface area (Å²) in [5.74, 6) is 0. The molecule has 1 aliphatic rings. The van der Waals surface area contributed by atoms with E-state index in [0.717, 1.165) is 11.6 Å². The standard InChI is InChI=1S/C11H24O2Si/c1-11(2,3)9-14(12-4,13-5)10-7-6-8-10/h10H,6-9H2,1-5H3. The van der Waals surface area contributed by atoms with Gasteiger partial charge in [-0.2, -0.15) is 0 Å². The van der Waals surface area contributed by atoms with Crippen molar-refractivity contribution >= 4 is 8.56 Å². The average molecular weight is 216 g/mol. The molecule has 0 amide bonds. The Labute approximate surface area is 89.2 Å². The quantitative estimate of drug-likeness (QED) is 0.671. The Morgan fingerprint density at radius 1 is 1.14 bits per heavy atom. The molecular weight excluding hydrogens is 192 g/mol. The van der Waals surface area contributed by atoms with Gasteiger partial charge < -0.3 is 8.85 Å². The van der Waals surface area contributed by atoms with E-state index in [9.17, 15) is 0 Å². The van der Waals surface area contributed by atoms with Crippen molar-refractivity contribution in [1.29, 1.82) is 0 Å². The van der Waals surface area contributed by atoms with Crippen molar-refractivity contribution < 1.29 is 8.85 Å². The first kappa shape index (κ1) is 12.2. The van der Waals surface area contributed by atoms with Gasteiger partial charge in [0, 0.05) is 19.8 Å². The monoisotopic (exact) mass is 216 g/mol. The number of hydrogen-bond acceptors (Lipinski definition) is 2. The van der Waals surface area contributed by atoms with Crippen molar-refractivity contribution in [2.45, 2.75) is 51.6 Å². The van der Waals surface area contributed by atoms with Crippen LogP contribution in [0.2, 0.25) is 11.6 Å². The van der Waals surface area contributed by atoms with Crippen molar-refractivity contribution in [3.8, 4) is 0 Å². The van der Waals surface area contributed by atoms with Crippen LogP contribution < -0.4 is 0 Å². The summed E-state index contributed by atoms with van der Waals surface area (Å²) in [4.78, 5) is 0. The lowest BCUT2D eigenvalue weighted by molar-refractivity contribution is 0.193. The smallest absolute Gasteiger partial charge is 0.341 e. The summed E-state index contributed by atoms with van der Waals surface area (Å²) in [7, 11) is 1.77. The van der Waals surface area contributed by atoms with Crippen LogP contribution >= 0.6 is 0 Å². The molecule has 0 bridgehead atoms. The fourth-order valence-corrected chi connectivity index (χ4v) is 6.47. The highest BCUT2D eigenvalue weighted by molar-refractivity contribution is 6.69. The summed E-state index contributed by atoms with van der Waals surface area (Å²) >= 11 is 0. The first-order valence-electron chi connectivity index (χ1n) is 5.54. The third-order valence-electron chi connectivity index (χ3n) is 3.19. The second kappa shape index (κ2) is 4.33. The van der Waals surface area contributed by atoms with Gasteiger partial charge in [-0.3, -0.25) is 0 Å². The van der Waals surface area contributed by atoms with Crippen LogP contribution in [0.3, 0.4) is 0 Å². The topological polar surface area (TPSA) is 18.5 Å². The second-order valence-corrected chi connectivity index (χ2v) is 9.20. The minimum atomic E-state index is -1.90. The Morgan fingerprint density at radius 2 is 1.64 bits per heavy atom. The van der Waals surface area contributed by atoms with Gasteiger partial charge in [0.1, 0.15) is 0 Å². The molecule has 0 aromatic carbocycles. The summed E-state index contributed by atoms with van der Waals surface area (Å²) in [5, 5.41) is 0. The maximum Gasteiger partial charge on any atom is 0.341 e. The highest BCUT2D eigenvalue weighted by Gasteiger charge is 2.49. The molecule has 1 rings (SSSR count). The van der Waals surface area contributed by atoms with Crippen molar-refractivity contribution in [2.75, 3.05) is 14.2 Å². The van der Waals surface area contributed by atoms with E-state index in [1.165, 1.54) is 19.3 Å². The SMILES string of the molecule is CO[Si](CC(C)(C)C)(OC)C1CCC1. The van der Waals surface area contributed by atoms with Crippen LogP contribution in [0.1, 0.15) is 40.0 Å². The van der Waals surface area contributed by atoms with E-state index in [2.05, 4.69) is 20.8 Å². The van der Waals surface area contributed by atoms with Gasteiger partial charge in [-0.05, 0) is 24.3 Å². The summed E-state index contributed by atoms with van der Waals surface area (Å²) in [6.07, 6.45) is 3.98. The fourth-order valence-electron chi connectivity index (χ4n) is 2.29.